The van der Waals surface area contributed by atoms with Crippen molar-refractivity contribution < 1.29 is 0 Å². The van der Waals surface area contributed by atoms with E-state index < -0.39 is 0 Å². The zero-order valence-corrected chi connectivity index (χ0v) is 10.2. The first-order valence-electron chi connectivity index (χ1n) is 6.21. The number of fused-ring (bicyclic) bond motifs is 3. The van der Waals surface area contributed by atoms with E-state index in [0.717, 1.165) is 21.9 Å². The van der Waals surface area contributed by atoms with E-state index in [9.17, 15) is 0 Å². The Morgan fingerprint density at radius 3 is 2.78 bits per heavy atom. The van der Waals surface area contributed by atoms with E-state index in [2.05, 4.69) is 27.5 Å². The molecule has 0 saturated heterocycles. The maximum atomic E-state index is 6.09. The molecular formula is C14H14N4. The quantitative estimate of drug-likeness (QED) is 0.709. The van der Waals surface area contributed by atoms with Crippen LogP contribution in [0.4, 0.5) is 5.95 Å². The molecule has 0 atom stereocenters. The van der Waals surface area contributed by atoms with Gasteiger partial charge in [0, 0.05) is 10.9 Å². The van der Waals surface area contributed by atoms with Gasteiger partial charge in [-0.1, -0.05) is 18.2 Å². The zero-order valence-electron chi connectivity index (χ0n) is 10.2. The summed E-state index contributed by atoms with van der Waals surface area (Å²) in [6.07, 6.45) is 4.15. The fraction of sp³-hybridized carbons (Fsp3) is 0.286. The zero-order chi connectivity index (χ0) is 12.3. The van der Waals surface area contributed by atoms with Gasteiger partial charge < -0.3 is 10.3 Å². The number of hydrogen-bond donors (Lipinski definition) is 1. The summed E-state index contributed by atoms with van der Waals surface area (Å²) in [7, 11) is 0. The van der Waals surface area contributed by atoms with Crippen LogP contribution in [0.5, 0.6) is 0 Å². The normalized spacial score (nSPS) is 17.4. The van der Waals surface area contributed by atoms with Crippen molar-refractivity contribution in [2.45, 2.75) is 25.3 Å². The highest BCUT2D eigenvalue weighted by molar-refractivity contribution is 6.03. The van der Waals surface area contributed by atoms with Gasteiger partial charge in [-0.2, -0.15) is 0 Å². The lowest BCUT2D eigenvalue weighted by molar-refractivity contribution is 0.558. The lowest BCUT2D eigenvalue weighted by Crippen LogP contribution is -2.15. The molecule has 2 heterocycles. The number of benzene rings is 1. The lowest BCUT2D eigenvalue weighted by Gasteiger charge is -2.14. The molecule has 1 saturated carbocycles. The predicted molar refractivity (Wildman–Crippen MR) is 72.3 cm³/mol. The van der Waals surface area contributed by atoms with Crippen LogP contribution in [-0.2, 0) is 5.54 Å². The van der Waals surface area contributed by atoms with Gasteiger partial charge in [0.05, 0.1) is 17.2 Å². The number of aromatic nitrogens is 3. The molecule has 0 aliphatic heterocycles. The fourth-order valence-corrected chi connectivity index (χ4v) is 2.67. The number of nitrogens with zero attached hydrogens (tertiary/aromatic N) is 3. The molecule has 1 aromatic carbocycles. The van der Waals surface area contributed by atoms with Crippen molar-refractivity contribution >= 4 is 27.9 Å². The molecule has 3 aromatic rings. The summed E-state index contributed by atoms with van der Waals surface area (Å²) in [6, 6.07) is 8.15. The average molecular weight is 238 g/mol. The molecule has 4 nitrogen and oxygen atoms in total. The van der Waals surface area contributed by atoms with Gasteiger partial charge in [-0.05, 0) is 25.8 Å². The number of anilines is 1. The lowest BCUT2D eigenvalue weighted by atomic mass is 10.2. The van der Waals surface area contributed by atoms with Crippen LogP contribution in [0.3, 0.4) is 0 Å². The summed E-state index contributed by atoms with van der Waals surface area (Å²) in [6.45, 7) is 2.24. The molecule has 4 rings (SSSR count). The Hall–Kier alpha value is -2.10. The molecular weight excluding hydrogens is 224 g/mol. The Labute approximate surface area is 104 Å². The van der Waals surface area contributed by atoms with Crippen LogP contribution in [0.15, 0.2) is 30.5 Å². The second-order valence-corrected chi connectivity index (χ2v) is 5.31. The van der Waals surface area contributed by atoms with Crippen LogP contribution in [0.2, 0.25) is 0 Å². The van der Waals surface area contributed by atoms with Gasteiger partial charge >= 0.3 is 0 Å². The van der Waals surface area contributed by atoms with Gasteiger partial charge in [0.25, 0.3) is 0 Å². The number of nitrogen functional groups attached to an aromatic ring is 1. The van der Waals surface area contributed by atoms with E-state index in [1.807, 2.05) is 24.4 Å². The second kappa shape index (κ2) is 3.02. The maximum absolute atomic E-state index is 6.09. The van der Waals surface area contributed by atoms with E-state index in [0.29, 0.717) is 5.95 Å². The Bertz CT molecular complexity index is 768. The summed E-state index contributed by atoms with van der Waals surface area (Å²) in [5, 5.41) is 1.13. The molecule has 2 aromatic heterocycles. The third-order valence-corrected chi connectivity index (χ3v) is 3.93. The van der Waals surface area contributed by atoms with Gasteiger partial charge in [-0.15, -0.1) is 0 Å². The minimum atomic E-state index is 0.142. The van der Waals surface area contributed by atoms with Gasteiger partial charge in [-0.3, -0.25) is 4.98 Å². The van der Waals surface area contributed by atoms with Crippen LogP contribution in [0, 0.1) is 0 Å². The molecule has 0 radical (unpaired) electrons. The monoisotopic (exact) mass is 238 g/mol. The van der Waals surface area contributed by atoms with Crippen LogP contribution in [-0.4, -0.2) is 14.5 Å². The largest absolute Gasteiger partial charge is 0.369 e. The van der Waals surface area contributed by atoms with E-state index in [1.54, 1.807) is 0 Å². The van der Waals surface area contributed by atoms with Crippen molar-refractivity contribution in [1.82, 2.24) is 14.5 Å². The molecule has 4 heteroatoms. The van der Waals surface area contributed by atoms with Gasteiger partial charge in [0.2, 0.25) is 5.95 Å². The van der Waals surface area contributed by atoms with E-state index in [-0.39, 0.29) is 5.54 Å². The minimum Gasteiger partial charge on any atom is -0.369 e. The molecule has 0 bridgehead atoms. The topological polar surface area (TPSA) is 56.7 Å². The Morgan fingerprint density at radius 1 is 1.22 bits per heavy atom. The first kappa shape index (κ1) is 9.88. The number of pyridine rings is 1. The number of hydrogen-bond acceptors (Lipinski definition) is 3. The minimum absolute atomic E-state index is 0.142. The second-order valence-electron chi connectivity index (χ2n) is 5.31. The summed E-state index contributed by atoms with van der Waals surface area (Å²) in [4.78, 5) is 8.88. The van der Waals surface area contributed by atoms with Crippen molar-refractivity contribution in [1.29, 1.82) is 0 Å². The highest BCUT2D eigenvalue weighted by atomic mass is 15.2. The molecule has 18 heavy (non-hydrogen) atoms. The van der Waals surface area contributed by atoms with Crippen LogP contribution < -0.4 is 5.73 Å². The Morgan fingerprint density at radius 2 is 2.00 bits per heavy atom. The molecule has 1 aliphatic rings. The summed E-state index contributed by atoms with van der Waals surface area (Å²) >= 11 is 0. The maximum Gasteiger partial charge on any atom is 0.201 e. The average Bonchev–Trinajstić information content (AvgIpc) is 3.00. The van der Waals surface area contributed by atoms with E-state index >= 15 is 0 Å². The fourth-order valence-electron chi connectivity index (χ4n) is 2.67. The van der Waals surface area contributed by atoms with Crippen molar-refractivity contribution in [3.8, 4) is 0 Å². The van der Waals surface area contributed by atoms with Gasteiger partial charge in [0.15, 0.2) is 0 Å². The highest BCUT2D eigenvalue weighted by Gasteiger charge is 2.42. The molecule has 1 aliphatic carbocycles. The van der Waals surface area contributed by atoms with Crippen LogP contribution in [0.25, 0.3) is 21.9 Å². The summed E-state index contributed by atoms with van der Waals surface area (Å²) < 4.78 is 2.19. The molecule has 90 valence electrons. The first-order valence-corrected chi connectivity index (χ1v) is 6.21. The summed E-state index contributed by atoms with van der Waals surface area (Å²) in [5.74, 6) is 0.600. The number of rotatable bonds is 1. The van der Waals surface area contributed by atoms with Gasteiger partial charge in [0.1, 0.15) is 5.52 Å². The first-order chi connectivity index (χ1) is 8.69. The molecule has 0 amide bonds. The third-order valence-electron chi connectivity index (χ3n) is 3.93. The molecule has 2 N–H and O–H groups in total. The Kier molecular flexibility index (Phi) is 1.66. The molecule has 0 unspecified atom stereocenters. The van der Waals surface area contributed by atoms with Gasteiger partial charge in [-0.25, -0.2) is 4.98 Å². The summed E-state index contributed by atoms with van der Waals surface area (Å²) in [5.41, 5.74) is 9.24. The predicted octanol–water partition coefficient (Wildman–Crippen LogP) is 2.68. The van der Waals surface area contributed by atoms with Crippen molar-refractivity contribution in [2.75, 3.05) is 5.73 Å². The SMILES string of the molecule is CC1(n2c(N)nc3cnc4ccccc4c32)CC1. The van der Waals surface area contributed by atoms with E-state index in [4.69, 9.17) is 5.73 Å². The highest BCUT2D eigenvalue weighted by Crippen LogP contribution is 2.47. The molecule has 1 fully saturated rings. The smallest absolute Gasteiger partial charge is 0.201 e. The number of nitrogens with two attached hydrogens (primary N) is 1. The van der Waals surface area contributed by atoms with Crippen LogP contribution >= 0.6 is 0 Å². The number of imidazole rings is 1. The van der Waals surface area contributed by atoms with Crippen molar-refractivity contribution in [2.24, 2.45) is 0 Å². The van der Waals surface area contributed by atoms with Crippen LogP contribution in [0.1, 0.15) is 19.8 Å². The standard InChI is InChI=1S/C14H14N4/c1-14(6-7-14)18-12-9-4-2-3-5-10(9)16-8-11(12)17-13(18)15/h2-5,8H,6-7H2,1H3,(H2,15,17). The molecule has 0 spiro atoms. The van der Waals surface area contributed by atoms with Crippen molar-refractivity contribution in [3.63, 3.8) is 0 Å². The number of para-hydroxylation sites is 1. The Balaban J connectivity index is 2.22. The van der Waals surface area contributed by atoms with Crippen molar-refractivity contribution in [3.05, 3.63) is 30.5 Å². The third kappa shape index (κ3) is 1.15. The van der Waals surface area contributed by atoms with E-state index in [1.165, 1.54) is 12.8 Å².